The van der Waals surface area contributed by atoms with Gasteiger partial charge in [0.15, 0.2) is 0 Å². The van der Waals surface area contributed by atoms with Crippen molar-refractivity contribution in [2.45, 2.75) is 6.92 Å². The van der Waals surface area contributed by atoms with Crippen LogP contribution >= 0.6 is 0 Å². The predicted octanol–water partition coefficient (Wildman–Crippen LogP) is 1.09. The molecule has 2 heterocycles. The van der Waals surface area contributed by atoms with Crippen LogP contribution in [0.4, 0.5) is 0 Å². The average molecular weight is 295 g/mol. The van der Waals surface area contributed by atoms with Crippen LogP contribution in [0.5, 0.6) is 0 Å². The van der Waals surface area contributed by atoms with Crippen LogP contribution in [0.25, 0.3) is 11.3 Å². The summed E-state index contributed by atoms with van der Waals surface area (Å²) in [5, 5.41) is 22.2. The van der Waals surface area contributed by atoms with Crippen molar-refractivity contribution < 1.29 is 14.3 Å². The molecule has 0 N–H and O–H groups in total. The zero-order chi connectivity index (χ0) is 15.5. The zero-order valence-electron chi connectivity index (χ0n) is 11.6. The first-order valence-electron chi connectivity index (χ1n) is 6.44. The van der Waals surface area contributed by atoms with Gasteiger partial charge in [-0.2, -0.15) is 5.10 Å². The Hall–Kier alpha value is -3.22. The van der Waals surface area contributed by atoms with Gasteiger partial charge in [-0.15, -0.1) is 10.2 Å². The van der Waals surface area contributed by atoms with Gasteiger partial charge in [-0.1, -0.05) is 12.1 Å². The average Bonchev–Trinajstić information content (AvgIpc) is 3.16. The number of carbonyl (C=O) groups is 1. The molecule has 0 fully saturated rings. The lowest BCUT2D eigenvalue weighted by Gasteiger charge is -2.07. The smallest absolute Gasteiger partial charge is 0.147 e. The molecule has 0 aliphatic heterocycles. The minimum atomic E-state index is -1.20. The first kappa shape index (κ1) is 13.7. The van der Waals surface area contributed by atoms with Gasteiger partial charge in [0.05, 0.1) is 12.2 Å². The van der Waals surface area contributed by atoms with Crippen molar-refractivity contribution in [3.05, 3.63) is 59.9 Å². The van der Waals surface area contributed by atoms with Crippen LogP contribution in [-0.4, -0.2) is 27.1 Å². The Morgan fingerprint density at radius 3 is 2.73 bits per heavy atom. The molecule has 22 heavy (non-hydrogen) atoms. The van der Waals surface area contributed by atoms with E-state index in [4.69, 9.17) is 4.42 Å². The molecule has 0 radical (unpaired) electrons. The third-order valence-electron chi connectivity index (χ3n) is 3.08. The molecule has 0 bridgehead atoms. The maximum Gasteiger partial charge on any atom is 0.147 e. The van der Waals surface area contributed by atoms with Crippen LogP contribution in [0.2, 0.25) is 0 Å². The van der Waals surface area contributed by atoms with E-state index in [-0.39, 0.29) is 5.56 Å². The Balaban J connectivity index is 1.86. The molecule has 3 aromatic rings. The number of hydrogen-bond donors (Lipinski definition) is 0. The number of rotatable bonds is 4. The fourth-order valence-corrected chi connectivity index (χ4v) is 2.01. The van der Waals surface area contributed by atoms with Crippen molar-refractivity contribution in [1.29, 1.82) is 0 Å². The third-order valence-corrected chi connectivity index (χ3v) is 3.08. The molecule has 2 aromatic heterocycles. The van der Waals surface area contributed by atoms with Gasteiger partial charge in [0, 0.05) is 5.56 Å². The van der Waals surface area contributed by atoms with E-state index in [0.717, 1.165) is 11.1 Å². The molecule has 1 aromatic carbocycles. The van der Waals surface area contributed by atoms with Crippen LogP contribution in [0.1, 0.15) is 21.7 Å². The van der Waals surface area contributed by atoms with Crippen molar-refractivity contribution in [3.8, 4) is 11.3 Å². The van der Waals surface area contributed by atoms with Crippen molar-refractivity contribution in [3.63, 3.8) is 0 Å². The molecule has 0 saturated heterocycles. The number of carbonyl (C=O) groups excluding carboxylic acids is 1. The Bertz CT molecular complexity index is 834. The summed E-state index contributed by atoms with van der Waals surface area (Å²) in [5.41, 5.74) is 1.74. The minimum absolute atomic E-state index is 0.141. The lowest BCUT2D eigenvalue weighted by Crippen LogP contribution is -2.22. The highest BCUT2D eigenvalue weighted by Crippen LogP contribution is 2.25. The molecule has 0 spiro atoms. The molecule has 7 nitrogen and oxygen atoms in total. The van der Waals surface area contributed by atoms with Gasteiger partial charge in [0.2, 0.25) is 0 Å². The number of hydrogen-bond acceptors (Lipinski definition) is 6. The van der Waals surface area contributed by atoms with Gasteiger partial charge in [-0.05, 0) is 36.2 Å². The molecule has 0 aliphatic carbocycles. The van der Waals surface area contributed by atoms with Gasteiger partial charge in [0.1, 0.15) is 24.2 Å². The summed E-state index contributed by atoms with van der Waals surface area (Å²) in [4.78, 5) is 10.8. The maximum atomic E-state index is 10.8. The van der Waals surface area contributed by atoms with E-state index in [2.05, 4.69) is 15.3 Å². The Morgan fingerprint density at radius 1 is 1.27 bits per heavy atom. The zero-order valence-corrected chi connectivity index (χ0v) is 11.6. The number of aromatic carboxylic acids is 1. The fourth-order valence-electron chi connectivity index (χ4n) is 2.01. The highest BCUT2D eigenvalue weighted by molar-refractivity contribution is 5.87. The van der Waals surface area contributed by atoms with Gasteiger partial charge in [0.25, 0.3) is 0 Å². The molecule has 0 amide bonds. The van der Waals surface area contributed by atoms with Crippen LogP contribution in [0.3, 0.4) is 0 Å². The second-order valence-electron chi connectivity index (χ2n) is 4.61. The highest BCUT2D eigenvalue weighted by atomic mass is 16.4. The number of furan rings is 1. The second kappa shape index (κ2) is 5.65. The summed E-state index contributed by atoms with van der Waals surface area (Å²) in [6, 6.07) is 8.31. The van der Waals surface area contributed by atoms with E-state index in [1.165, 1.54) is 29.6 Å². The maximum absolute atomic E-state index is 10.8. The van der Waals surface area contributed by atoms with Gasteiger partial charge in [-0.25, -0.2) is 4.68 Å². The van der Waals surface area contributed by atoms with Crippen molar-refractivity contribution >= 4 is 12.2 Å². The Kier molecular flexibility index (Phi) is 3.53. The summed E-state index contributed by atoms with van der Waals surface area (Å²) in [6.45, 7) is 1.81. The summed E-state index contributed by atoms with van der Waals surface area (Å²) >= 11 is 0. The molecule has 3 rings (SSSR count). The van der Waals surface area contributed by atoms with Crippen molar-refractivity contribution in [2.24, 2.45) is 5.10 Å². The van der Waals surface area contributed by atoms with Gasteiger partial charge in [-0.3, -0.25) is 0 Å². The predicted molar refractivity (Wildman–Crippen MR) is 76.2 cm³/mol. The van der Waals surface area contributed by atoms with Crippen molar-refractivity contribution in [2.75, 3.05) is 0 Å². The first-order valence-corrected chi connectivity index (χ1v) is 6.44. The lowest BCUT2D eigenvalue weighted by molar-refractivity contribution is -0.255. The summed E-state index contributed by atoms with van der Waals surface area (Å²) in [7, 11) is 0. The molecule has 7 heteroatoms. The number of benzene rings is 1. The third kappa shape index (κ3) is 2.78. The summed E-state index contributed by atoms with van der Waals surface area (Å²) in [6.07, 6.45) is 4.46. The van der Waals surface area contributed by atoms with E-state index < -0.39 is 5.97 Å². The fraction of sp³-hybridized carbons (Fsp3) is 0.0667. The SMILES string of the molecule is Cc1cc(C(=O)[O-])ccc1-c1ccc(/C=N\n2cnnc2)o1. The molecular formula is C15H11N4O3-. The normalized spacial score (nSPS) is 11.1. The number of carboxylic acids is 1. The monoisotopic (exact) mass is 295 g/mol. The van der Waals surface area contributed by atoms with Gasteiger partial charge < -0.3 is 14.3 Å². The molecular weight excluding hydrogens is 284 g/mol. The summed E-state index contributed by atoms with van der Waals surface area (Å²) < 4.78 is 7.13. The Morgan fingerprint density at radius 2 is 2.05 bits per heavy atom. The molecule has 0 atom stereocenters. The Labute approximate surface area is 125 Å². The van der Waals surface area contributed by atoms with Crippen LogP contribution < -0.4 is 5.11 Å². The van der Waals surface area contributed by atoms with Crippen LogP contribution in [0.15, 0.2) is 52.5 Å². The second-order valence-corrected chi connectivity index (χ2v) is 4.61. The van der Waals surface area contributed by atoms with Crippen LogP contribution in [0, 0.1) is 6.92 Å². The number of aryl methyl sites for hydroxylation is 1. The number of nitrogens with zero attached hydrogens (tertiary/aromatic N) is 4. The van der Waals surface area contributed by atoms with E-state index in [9.17, 15) is 9.90 Å². The standard InChI is InChI=1S/C15H12N4O3/c1-10-6-11(15(20)21)2-4-13(10)14-5-3-12(22-14)7-18-19-8-16-17-9-19/h2-9H,1H3,(H,20,21)/p-1/b18-7-. The van der Waals surface area contributed by atoms with E-state index in [1.807, 2.05) is 6.92 Å². The molecule has 0 aliphatic rings. The molecule has 110 valence electrons. The lowest BCUT2D eigenvalue weighted by atomic mass is 10.0. The number of aromatic nitrogens is 3. The quantitative estimate of drug-likeness (QED) is 0.671. The molecule has 0 saturated carbocycles. The largest absolute Gasteiger partial charge is 0.545 e. The summed E-state index contributed by atoms with van der Waals surface area (Å²) in [5.74, 6) is -0.00413. The van der Waals surface area contributed by atoms with Crippen molar-refractivity contribution in [1.82, 2.24) is 14.9 Å². The van der Waals surface area contributed by atoms with E-state index >= 15 is 0 Å². The first-order chi connectivity index (χ1) is 10.6. The number of carboxylic acid groups (broad SMARTS) is 1. The minimum Gasteiger partial charge on any atom is -0.545 e. The topological polar surface area (TPSA) is 96.3 Å². The molecule has 0 unspecified atom stereocenters. The highest BCUT2D eigenvalue weighted by Gasteiger charge is 2.08. The van der Waals surface area contributed by atoms with E-state index in [0.29, 0.717) is 11.5 Å². The van der Waals surface area contributed by atoms with Gasteiger partial charge >= 0.3 is 0 Å². The van der Waals surface area contributed by atoms with E-state index in [1.54, 1.807) is 24.3 Å². The van der Waals surface area contributed by atoms with Crippen LogP contribution in [-0.2, 0) is 0 Å².